The molecule has 0 saturated carbocycles. The smallest absolute Gasteiger partial charge is 0.231 e. The van der Waals surface area contributed by atoms with Crippen molar-refractivity contribution in [1.29, 1.82) is 0 Å². The van der Waals surface area contributed by atoms with Crippen molar-refractivity contribution in [1.82, 2.24) is 5.01 Å². The number of fused-ring (bicyclic) bond motifs is 4. The highest BCUT2D eigenvalue weighted by molar-refractivity contribution is 6.35. The molecule has 31 heavy (non-hydrogen) atoms. The van der Waals surface area contributed by atoms with E-state index in [0.717, 1.165) is 39.7 Å². The minimum Gasteiger partial charge on any atom is -0.464 e. The minimum absolute atomic E-state index is 0.0420. The van der Waals surface area contributed by atoms with E-state index in [1.165, 1.54) is 0 Å². The summed E-state index contributed by atoms with van der Waals surface area (Å²) in [4.78, 5) is 0. The fourth-order valence-corrected chi connectivity index (χ4v) is 4.90. The van der Waals surface area contributed by atoms with Crippen LogP contribution in [0, 0.1) is 0 Å². The predicted molar refractivity (Wildman–Crippen MR) is 120 cm³/mol. The Hall–Kier alpha value is -2.60. The SMILES string of the molecule is Clc1ccc([C@@H]2Oc3ccc(Cl)cc3[C@H]3CC(c4ccc5c(c4)OCO5)=NN32)c(Cl)c1. The van der Waals surface area contributed by atoms with Crippen LogP contribution >= 0.6 is 34.8 Å². The highest BCUT2D eigenvalue weighted by atomic mass is 35.5. The standard InChI is InChI=1S/C23H15Cl3N2O3/c24-13-3-6-20-16(8-13)19-10-18(12-1-5-21-22(7-12)30-11-29-21)27-28(19)23(31-20)15-4-2-14(25)9-17(15)26/h1-9,19,23H,10-11H2/t19-,23+/m1/s1. The zero-order valence-electron chi connectivity index (χ0n) is 16.0. The molecule has 0 bridgehead atoms. The predicted octanol–water partition coefficient (Wildman–Crippen LogP) is 6.62. The monoisotopic (exact) mass is 472 g/mol. The van der Waals surface area contributed by atoms with Gasteiger partial charge in [0.15, 0.2) is 11.5 Å². The number of hydrazone groups is 1. The Bertz CT molecular complexity index is 1250. The number of benzene rings is 3. The average molecular weight is 474 g/mol. The molecule has 5 nitrogen and oxygen atoms in total. The molecule has 2 atom stereocenters. The number of nitrogens with zero attached hydrogens (tertiary/aromatic N) is 2. The lowest BCUT2D eigenvalue weighted by Gasteiger charge is -2.38. The quantitative estimate of drug-likeness (QED) is 0.420. The van der Waals surface area contributed by atoms with E-state index >= 15 is 0 Å². The maximum Gasteiger partial charge on any atom is 0.231 e. The zero-order valence-corrected chi connectivity index (χ0v) is 18.3. The summed E-state index contributed by atoms with van der Waals surface area (Å²) in [7, 11) is 0. The van der Waals surface area contributed by atoms with E-state index in [2.05, 4.69) is 0 Å². The van der Waals surface area contributed by atoms with Gasteiger partial charge >= 0.3 is 0 Å². The molecule has 0 radical (unpaired) electrons. The molecule has 0 aromatic heterocycles. The maximum absolute atomic E-state index is 6.53. The van der Waals surface area contributed by atoms with Gasteiger partial charge in [0, 0.05) is 33.2 Å². The third kappa shape index (κ3) is 3.19. The van der Waals surface area contributed by atoms with E-state index in [0.29, 0.717) is 21.5 Å². The fourth-order valence-electron chi connectivity index (χ4n) is 4.22. The highest BCUT2D eigenvalue weighted by Gasteiger charge is 2.42. The molecule has 0 amide bonds. The van der Waals surface area contributed by atoms with Gasteiger partial charge in [-0.1, -0.05) is 40.9 Å². The van der Waals surface area contributed by atoms with Crippen LogP contribution in [0.4, 0.5) is 0 Å². The Morgan fingerprint density at radius 3 is 2.45 bits per heavy atom. The summed E-state index contributed by atoms with van der Waals surface area (Å²) in [6.45, 7) is 0.233. The van der Waals surface area contributed by atoms with Gasteiger partial charge in [-0.25, -0.2) is 5.01 Å². The highest BCUT2D eigenvalue weighted by Crippen LogP contribution is 2.49. The zero-order chi connectivity index (χ0) is 21.1. The van der Waals surface area contributed by atoms with E-state index < -0.39 is 6.23 Å². The van der Waals surface area contributed by atoms with Crippen LogP contribution in [0.5, 0.6) is 17.2 Å². The largest absolute Gasteiger partial charge is 0.464 e. The first-order valence-corrected chi connectivity index (χ1v) is 10.9. The van der Waals surface area contributed by atoms with Crippen LogP contribution in [-0.2, 0) is 0 Å². The molecule has 3 aromatic rings. The first-order chi connectivity index (χ1) is 15.1. The molecule has 3 aliphatic heterocycles. The first-order valence-electron chi connectivity index (χ1n) is 9.74. The number of hydrogen-bond acceptors (Lipinski definition) is 5. The lowest BCUT2D eigenvalue weighted by Crippen LogP contribution is -2.33. The molecule has 3 heterocycles. The van der Waals surface area contributed by atoms with Crippen molar-refractivity contribution in [3.63, 3.8) is 0 Å². The Kier molecular flexibility index (Phi) is 4.46. The molecule has 156 valence electrons. The average Bonchev–Trinajstić information content (AvgIpc) is 3.40. The number of ether oxygens (including phenoxy) is 3. The Morgan fingerprint density at radius 1 is 0.806 bits per heavy atom. The van der Waals surface area contributed by atoms with Crippen molar-refractivity contribution >= 4 is 40.5 Å². The second kappa shape index (κ2) is 7.23. The molecule has 0 unspecified atom stereocenters. The van der Waals surface area contributed by atoms with Crippen LogP contribution in [0.25, 0.3) is 0 Å². The topological polar surface area (TPSA) is 43.3 Å². The van der Waals surface area contributed by atoms with Crippen molar-refractivity contribution in [2.24, 2.45) is 5.10 Å². The van der Waals surface area contributed by atoms with Gasteiger partial charge in [-0.15, -0.1) is 0 Å². The van der Waals surface area contributed by atoms with Gasteiger partial charge in [-0.2, -0.15) is 5.10 Å². The summed E-state index contributed by atoms with van der Waals surface area (Å²) in [5, 5.41) is 8.65. The van der Waals surface area contributed by atoms with Gasteiger partial charge in [-0.05, 0) is 48.5 Å². The van der Waals surface area contributed by atoms with Crippen molar-refractivity contribution in [3.05, 3.63) is 86.4 Å². The number of halogens is 3. The van der Waals surface area contributed by atoms with Crippen LogP contribution in [0.1, 0.15) is 35.4 Å². The normalized spacial score (nSPS) is 20.7. The second-order valence-corrected chi connectivity index (χ2v) is 8.81. The van der Waals surface area contributed by atoms with Gasteiger partial charge in [0.25, 0.3) is 0 Å². The number of rotatable bonds is 2. The van der Waals surface area contributed by atoms with Crippen LogP contribution in [0.3, 0.4) is 0 Å². The van der Waals surface area contributed by atoms with E-state index in [4.69, 9.17) is 54.1 Å². The van der Waals surface area contributed by atoms with Gasteiger partial charge in [0.1, 0.15) is 5.75 Å². The summed E-state index contributed by atoms with van der Waals surface area (Å²) in [5.74, 6) is 2.23. The van der Waals surface area contributed by atoms with Gasteiger partial charge < -0.3 is 14.2 Å². The van der Waals surface area contributed by atoms with Crippen molar-refractivity contribution in [2.75, 3.05) is 6.79 Å². The molecule has 0 N–H and O–H groups in total. The molecule has 6 rings (SSSR count). The second-order valence-electron chi connectivity index (χ2n) is 7.53. The molecule has 0 spiro atoms. The summed E-state index contributed by atoms with van der Waals surface area (Å²) in [6, 6.07) is 16.9. The summed E-state index contributed by atoms with van der Waals surface area (Å²) in [6.07, 6.45) is 0.202. The van der Waals surface area contributed by atoms with E-state index in [1.54, 1.807) is 12.1 Å². The van der Waals surface area contributed by atoms with Crippen molar-refractivity contribution < 1.29 is 14.2 Å². The summed E-state index contributed by atoms with van der Waals surface area (Å²) >= 11 is 18.9. The molecule has 3 aliphatic rings. The number of hydrogen-bond donors (Lipinski definition) is 0. The molecule has 3 aromatic carbocycles. The van der Waals surface area contributed by atoms with E-state index in [-0.39, 0.29) is 12.8 Å². The first kappa shape index (κ1) is 19.1. The minimum atomic E-state index is -0.491. The molecule has 0 saturated heterocycles. The van der Waals surface area contributed by atoms with Crippen molar-refractivity contribution in [2.45, 2.75) is 18.7 Å². The molecule has 0 aliphatic carbocycles. The maximum atomic E-state index is 6.53. The fraction of sp³-hybridized carbons (Fsp3) is 0.174. The molecular formula is C23H15Cl3N2O3. The van der Waals surface area contributed by atoms with Gasteiger partial charge in [0.05, 0.1) is 16.8 Å². The summed E-state index contributed by atoms with van der Waals surface area (Å²) in [5.41, 5.74) is 3.69. The Labute approximate surface area is 193 Å². The lowest BCUT2D eigenvalue weighted by molar-refractivity contribution is -0.0189. The molecular weight excluding hydrogens is 459 g/mol. The lowest BCUT2D eigenvalue weighted by atomic mass is 9.95. The molecule has 0 fully saturated rings. The van der Waals surface area contributed by atoms with Crippen LogP contribution in [0.2, 0.25) is 15.1 Å². The third-order valence-electron chi connectivity index (χ3n) is 5.69. The third-order valence-corrected chi connectivity index (χ3v) is 6.48. The van der Waals surface area contributed by atoms with Crippen LogP contribution in [-0.4, -0.2) is 17.5 Å². The Balaban J connectivity index is 1.45. The van der Waals surface area contributed by atoms with Gasteiger partial charge in [0.2, 0.25) is 13.0 Å². The Morgan fingerprint density at radius 2 is 1.58 bits per heavy atom. The molecule has 8 heteroatoms. The van der Waals surface area contributed by atoms with Gasteiger partial charge in [-0.3, -0.25) is 0 Å². The van der Waals surface area contributed by atoms with Crippen molar-refractivity contribution in [3.8, 4) is 17.2 Å². The van der Waals surface area contributed by atoms with Crippen LogP contribution in [0.15, 0.2) is 59.7 Å². The van der Waals surface area contributed by atoms with E-state index in [9.17, 15) is 0 Å². The van der Waals surface area contributed by atoms with Crippen LogP contribution < -0.4 is 14.2 Å². The van der Waals surface area contributed by atoms with E-state index in [1.807, 2.05) is 47.5 Å². The summed E-state index contributed by atoms with van der Waals surface area (Å²) < 4.78 is 17.3.